The van der Waals surface area contributed by atoms with E-state index in [0.717, 1.165) is 43.0 Å². The minimum Gasteiger partial charge on any atom is -0.453 e. The number of piperidine rings is 1. The fourth-order valence-electron chi connectivity index (χ4n) is 4.91. The highest BCUT2D eigenvalue weighted by atomic mass is 16.6. The second-order valence-electron chi connectivity index (χ2n) is 9.47. The fraction of sp³-hybridized carbons (Fsp3) is 0.440. The molecule has 0 atom stereocenters. The van der Waals surface area contributed by atoms with Gasteiger partial charge in [-0.25, -0.2) is 4.98 Å². The van der Waals surface area contributed by atoms with E-state index in [1.165, 1.54) is 20.0 Å². The molecule has 1 saturated heterocycles. The first kappa shape index (κ1) is 21.8. The molecule has 4 aromatic rings. The van der Waals surface area contributed by atoms with Gasteiger partial charge in [0.1, 0.15) is 5.52 Å². The molecule has 2 aliphatic rings. The maximum atomic E-state index is 13.3. The lowest BCUT2D eigenvalue weighted by molar-refractivity contribution is 0.102. The molecule has 0 bridgehead atoms. The number of anilines is 2. The van der Waals surface area contributed by atoms with E-state index in [4.69, 9.17) is 9.15 Å². The number of methoxy groups -OCH3 is 1. The molecular weight excluding hydrogens is 446 g/mol. The second kappa shape index (κ2) is 8.53. The first-order valence-corrected chi connectivity index (χ1v) is 12.1. The normalized spacial score (nSPS) is 16.8. The van der Waals surface area contributed by atoms with Crippen molar-refractivity contribution >= 4 is 34.2 Å². The molecule has 182 valence electrons. The standard InChI is InChI=1S/C25H29N7O3/c1-14-12-32-13-20(28-23(32)15(2)26-14)29-24(33)18-6-7-19(21-22(18)35-25(30-21)34-3)31-10-8-17(9-11-31)27-16-4-5-16/h6-7,12-13,16-17,27H,4-5,8-11H2,1-3H3,(H,29,33). The van der Waals surface area contributed by atoms with Crippen molar-refractivity contribution in [2.45, 2.75) is 51.6 Å². The average Bonchev–Trinajstić information content (AvgIpc) is 3.39. The number of rotatable bonds is 6. The van der Waals surface area contributed by atoms with Crippen molar-refractivity contribution in [1.82, 2.24) is 24.7 Å². The van der Waals surface area contributed by atoms with Crippen molar-refractivity contribution in [1.29, 1.82) is 0 Å². The number of amides is 1. The number of hydrogen-bond donors (Lipinski definition) is 2. The molecule has 1 saturated carbocycles. The number of benzene rings is 1. The summed E-state index contributed by atoms with van der Waals surface area (Å²) >= 11 is 0. The Labute approximate surface area is 202 Å². The fourth-order valence-corrected chi connectivity index (χ4v) is 4.91. The lowest BCUT2D eigenvalue weighted by Gasteiger charge is -2.34. The Hall–Kier alpha value is -3.66. The molecule has 35 heavy (non-hydrogen) atoms. The minimum absolute atomic E-state index is 0.136. The van der Waals surface area contributed by atoms with Gasteiger partial charge < -0.3 is 29.1 Å². The molecule has 3 aromatic heterocycles. The van der Waals surface area contributed by atoms with Crippen molar-refractivity contribution in [3.05, 3.63) is 41.5 Å². The Morgan fingerprint density at radius 3 is 2.57 bits per heavy atom. The minimum atomic E-state index is -0.321. The van der Waals surface area contributed by atoms with Gasteiger partial charge in [0.25, 0.3) is 5.91 Å². The van der Waals surface area contributed by atoms with Gasteiger partial charge in [-0.3, -0.25) is 9.78 Å². The predicted octanol–water partition coefficient (Wildman–Crippen LogP) is 3.47. The lowest BCUT2D eigenvalue weighted by atomic mass is 10.0. The average molecular weight is 476 g/mol. The monoisotopic (exact) mass is 475 g/mol. The summed E-state index contributed by atoms with van der Waals surface area (Å²) in [7, 11) is 1.51. The van der Waals surface area contributed by atoms with E-state index in [9.17, 15) is 4.79 Å². The van der Waals surface area contributed by atoms with Gasteiger partial charge >= 0.3 is 6.08 Å². The zero-order chi connectivity index (χ0) is 24.1. The molecule has 1 aromatic carbocycles. The van der Waals surface area contributed by atoms with E-state index in [1.807, 2.05) is 30.5 Å². The van der Waals surface area contributed by atoms with Crippen LogP contribution >= 0.6 is 0 Å². The predicted molar refractivity (Wildman–Crippen MR) is 132 cm³/mol. The van der Waals surface area contributed by atoms with Crippen LogP contribution in [-0.2, 0) is 0 Å². The molecule has 6 rings (SSSR count). The van der Waals surface area contributed by atoms with Crippen molar-refractivity contribution in [3.8, 4) is 6.08 Å². The molecule has 1 aliphatic heterocycles. The summed E-state index contributed by atoms with van der Waals surface area (Å²) in [5.74, 6) is 0.123. The SMILES string of the molecule is COc1nc2c(N3CCC(NC4CC4)CC3)ccc(C(=O)Nc3cn4cc(C)nc(C)c4n3)c2o1. The van der Waals surface area contributed by atoms with Crippen LogP contribution in [0.1, 0.15) is 47.4 Å². The highest BCUT2D eigenvalue weighted by Crippen LogP contribution is 2.34. The first-order chi connectivity index (χ1) is 17.0. The zero-order valence-corrected chi connectivity index (χ0v) is 20.2. The summed E-state index contributed by atoms with van der Waals surface area (Å²) in [5.41, 5.74) is 4.76. The summed E-state index contributed by atoms with van der Waals surface area (Å²) < 4.78 is 13.0. The molecule has 0 unspecified atom stereocenters. The summed E-state index contributed by atoms with van der Waals surface area (Å²) in [6.45, 7) is 5.67. The quantitative estimate of drug-likeness (QED) is 0.436. The zero-order valence-electron chi connectivity index (χ0n) is 20.2. The highest BCUT2D eigenvalue weighted by molar-refractivity contribution is 6.12. The summed E-state index contributed by atoms with van der Waals surface area (Å²) in [6, 6.07) is 5.03. The van der Waals surface area contributed by atoms with E-state index in [-0.39, 0.29) is 12.0 Å². The largest absolute Gasteiger partial charge is 0.453 e. The molecule has 4 heterocycles. The highest BCUT2D eigenvalue weighted by Gasteiger charge is 2.29. The van der Waals surface area contributed by atoms with Crippen LogP contribution in [-0.4, -0.2) is 57.5 Å². The third kappa shape index (κ3) is 4.18. The number of hydrogen-bond acceptors (Lipinski definition) is 8. The van der Waals surface area contributed by atoms with Crippen LogP contribution < -0.4 is 20.3 Å². The van der Waals surface area contributed by atoms with Crippen molar-refractivity contribution in [2.24, 2.45) is 0 Å². The topological polar surface area (TPSA) is 110 Å². The molecule has 2 N–H and O–H groups in total. The second-order valence-corrected chi connectivity index (χ2v) is 9.47. The van der Waals surface area contributed by atoms with Gasteiger partial charge in [0.15, 0.2) is 17.0 Å². The molecule has 10 nitrogen and oxygen atoms in total. The van der Waals surface area contributed by atoms with Crippen LogP contribution in [0, 0.1) is 13.8 Å². The number of oxazole rings is 1. The van der Waals surface area contributed by atoms with Crippen LogP contribution in [0.25, 0.3) is 16.7 Å². The Bertz CT molecular complexity index is 1410. The lowest BCUT2D eigenvalue weighted by Crippen LogP contribution is -2.43. The van der Waals surface area contributed by atoms with E-state index in [1.54, 1.807) is 12.3 Å². The number of imidazole rings is 1. The van der Waals surface area contributed by atoms with Gasteiger partial charge in [0, 0.05) is 31.4 Å². The molecule has 2 fully saturated rings. The van der Waals surface area contributed by atoms with Gasteiger partial charge in [-0.1, -0.05) is 0 Å². The first-order valence-electron chi connectivity index (χ1n) is 12.1. The maximum absolute atomic E-state index is 13.3. The van der Waals surface area contributed by atoms with Crippen molar-refractivity contribution in [2.75, 3.05) is 30.4 Å². The van der Waals surface area contributed by atoms with E-state index in [0.29, 0.717) is 40.2 Å². The van der Waals surface area contributed by atoms with Crippen LogP contribution in [0.15, 0.2) is 28.9 Å². The Balaban J connectivity index is 1.27. The van der Waals surface area contributed by atoms with E-state index >= 15 is 0 Å². The Kier molecular flexibility index (Phi) is 5.32. The van der Waals surface area contributed by atoms with Crippen LogP contribution in [0.3, 0.4) is 0 Å². The number of ether oxygens (including phenoxy) is 1. The summed E-state index contributed by atoms with van der Waals surface area (Å²) in [4.78, 5) is 29.1. The molecule has 0 radical (unpaired) electrons. The number of carbonyl (C=O) groups is 1. The number of carbonyl (C=O) groups excluding carboxylic acids is 1. The molecular formula is C25H29N7O3. The van der Waals surface area contributed by atoms with Crippen LogP contribution in [0.4, 0.5) is 11.5 Å². The number of aryl methyl sites for hydroxylation is 2. The van der Waals surface area contributed by atoms with Crippen molar-refractivity contribution in [3.63, 3.8) is 0 Å². The van der Waals surface area contributed by atoms with Gasteiger partial charge in [0.2, 0.25) is 0 Å². The Morgan fingerprint density at radius 1 is 1.06 bits per heavy atom. The number of aromatic nitrogens is 4. The molecule has 0 spiro atoms. The maximum Gasteiger partial charge on any atom is 0.394 e. The van der Waals surface area contributed by atoms with E-state index in [2.05, 4.69) is 30.5 Å². The summed E-state index contributed by atoms with van der Waals surface area (Å²) in [6.07, 6.45) is 8.55. The third-order valence-corrected chi connectivity index (χ3v) is 6.77. The van der Waals surface area contributed by atoms with E-state index < -0.39 is 0 Å². The Morgan fingerprint density at radius 2 is 1.83 bits per heavy atom. The smallest absolute Gasteiger partial charge is 0.394 e. The number of fused-ring (bicyclic) bond motifs is 2. The molecule has 10 heteroatoms. The number of nitrogens with one attached hydrogen (secondary N) is 2. The van der Waals surface area contributed by atoms with Gasteiger partial charge in [-0.2, -0.15) is 4.98 Å². The van der Waals surface area contributed by atoms with Crippen molar-refractivity contribution < 1.29 is 13.9 Å². The molecule has 1 amide bonds. The van der Waals surface area contributed by atoms with Crippen LogP contribution in [0.2, 0.25) is 0 Å². The van der Waals surface area contributed by atoms with Gasteiger partial charge in [0.05, 0.1) is 35.9 Å². The van der Waals surface area contributed by atoms with Gasteiger partial charge in [-0.05, 0) is 51.7 Å². The van der Waals surface area contributed by atoms with Gasteiger partial charge in [-0.15, -0.1) is 0 Å². The van der Waals surface area contributed by atoms with Crippen LogP contribution in [0.5, 0.6) is 6.08 Å². The number of nitrogens with zero attached hydrogens (tertiary/aromatic N) is 5. The summed E-state index contributed by atoms with van der Waals surface area (Å²) in [5, 5.41) is 6.63. The third-order valence-electron chi connectivity index (χ3n) is 6.77. The molecule has 1 aliphatic carbocycles.